The van der Waals surface area contributed by atoms with E-state index in [1.54, 1.807) is 0 Å². The van der Waals surface area contributed by atoms with Crippen LogP contribution in [0.3, 0.4) is 0 Å². The fourth-order valence-corrected chi connectivity index (χ4v) is 8.95. The molecule has 0 saturated heterocycles. The number of hydrogen-bond acceptors (Lipinski definition) is 2. The first-order valence-corrected chi connectivity index (χ1v) is 16.2. The molecule has 7 aromatic carbocycles. The number of para-hydroxylation sites is 6. The molecular formula is C42H24BN3O. The molecule has 0 saturated carbocycles. The lowest BCUT2D eigenvalue weighted by Gasteiger charge is -2.43. The number of anilines is 3. The van der Waals surface area contributed by atoms with E-state index in [0.717, 1.165) is 22.9 Å². The Morgan fingerprint density at radius 1 is 0.468 bits per heavy atom. The molecule has 3 aliphatic heterocycles. The lowest BCUT2D eigenvalue weighted by Crippen LogP contribution is -2.60. The Hall–Kier alpha value is -6.20. The fourth-order valence-electron chi connectivity index (χ4n) is 8.95. The molecule has 0 atom stereocenters. The Balaban J connectivity index is 1.33. The standard InChI is InChI=1S/C42H24BN3O/c1-2-12-25(13-3-1)44-31-17-7-4-14-26(31)28-24-30-41-38(40(28)44)27-15-5-8-18-32(27)45(41)35-22-23-37-42-39(35)43(30)29-16-6-9-19-33(29)46(42)34-20-10-11-21-36(34)47-37/h1-24H. The predicted molar refractivity (Wildman–Crippen MR) is 195 cm³/mol. The van der Waals surface area contributed by atoms with Gasteiger partial charge < -0.3 is 18.8 Å². The maximum absolute atomic E-state index is 6.67. The Labute approximate surface area is 270 Å². The molecule has 0 N–H and O–H groups in total. The summed E-state index contributed by atoms with van der Waals surface area (Å²) in [7, 11) is 0. The van der Waals surface area contributed by atoms with Crippen LogP contribution in [0.4, 0.5) is 17.1 Å². The summed E-state index contributed by atoms with van der Waals surface area (Å²) in [6.45, 7) is 0.0452. The van der Waals surface area contributed by atoms with Crippen molar-refractivity contribution in [1.82, 2.24) is 9.13 Å². The molecular weight excluding hydrogens is 573 g/mol. The second-order valence-electron chi connectivity index (χ2n) is 12.9. The normalized spacial score (nSPS) is 13.6. The highest BCUT2D eigenvalue weighted by Crippen LogP contribution is 2.53. The third-order valence-corrected chi connectivity index (χ3v) is 10.6. The zero-order chi connectivity index (χ0) is 30.4. The molecule has 216 valence electrons. The van der Waals surface area contributed by atoms with E-state index in [0.29, 0.717) is 0 Å². The van der Waals surface area contributed by atoms with Crippen molar-refractivity contribution in [2.75, 3.05) is 4.90 Å². The summed E-state index contributed by atoms with van der Waals surface area (Å²) < 4.78 is 11.7. The second-order valence-corrected chi connectivity index (χ2v) is 12.9. The minimum absolute atomic E-state index is 0.0452. The molecule has 0 aliphatic carbocycles. The summed E-state index contributed by atoms with van der Waals surface area (Å²) in [4.78, 5) is 2.44. The third kappa shape index (κ3) is 2.79. The van der Waals surface area contributed by atoms with Crippen molar-refractivity contribution in [2.45, 2.75) is 0 Å². The maximum Gasteiger partial charge on any atom is 0.252 e. The van der Waals surface area contributed by atoms with E-state index in [-0.39, 0.29) is 6.71 Å². The van der Waals surface area contributed by atoms with E-state index in [2.05, 4.69) is 160 Å². The molecule has 0 unspecified atom stereocenters. The van der Waals surface area contributed by atoms with Crippen LogP contribution < -0.4 is 26.0 Å². The fraction of sp³-hybridized carbons (Fsp3) is 0. The monoisotopic (exact) mass is 597 g/mol. The summed E-state index contributed by atoms with van der Waals surface area (Å²) in [6.07, 6.45) is 0. The highest BCUT2D eigenvalue weighted by Gasteiger charge is 2.45. The van der Waals surface area contributed by atoms with Crippen LogP contribution in [0.15, 0.2) is 146 Å². The highest BCUT2D eigenvalue weighted by atomic mass is 16.5. The van der Waals surface area contributed by atoms with Gasteiger partial charge >= 0.3 is 0 Å². The van der Waals surface area contributed by atoms with E-state index in [4.69, 9.17) is 4.74 Å². The van der Waals surface area contributed by atoms with Gasteiger partial charge in [0.1, 0.15) is 0 Å². The van der Waals surface area contributed by atoms with Gasteiger partial charge in [-0.1, -0.05) is 91.0 Å². The van der Waals surface area contributed by atoms with E-state index >= 15 is 0 Å². The number of benzene rings is 7. The molecule has 0 spiro atoms. The number of fused-ring (bicyclic) bond motifs is 14. The van der Waals surface area contributed by atoms with Crippen LogP contribution in [-0.2, 0) is 0 Å². The lowest BCUT2D eigenvalue weighted by molar-refractivity contribution is 0.477. The van der Waals surface area contributed by atoms with Crippen LogP contribution in [0, 0.1) is 0 Å². The van der Waals surface area contributed by atoms with E-state index in [1.165, 1.54) is 77.1 Å². The van der Waals surface area contributed by atoms with Crippen LogP contribution in [0.1, 0.15) is 0 Å². The molecule has 0 amide bonds. The van der Waals surface area contributed by atoms with Crippen LogP contribution in [-0.4, -0.2) is 15.8 Å². The van der Waals surface area contributed by atoms with Gasteiger partial charge in [-0.05, 0) is 71.0 Å². The molecule has 47 heavy (non-hydrogen) atoms. The van der Waals surface area contributed by atoms with Gasteiger partial charge in [-0.25, -0.2) is 0 Å². The van der Waals surface area contributed by atoms with Crippen LogP contribution in [0.25, 0.3) is 55.0 Å². The zero-order valence-electron chi connectivity index (χ0n) is 25.2. The second kappa shape index (κ2) is 8.33. The third-order valence-electron chi connectivity index (χ3n) is 10.6. The topological polar surface area (TPSA) is 22.3 Å². The van der Waals surface area contributed by atoms with Crippen LogP contribution >= 0.6 is 0 Å². The van der Waals surface area contributed by atoms with Crippen molar-refractivity contribution in [2.24, 2.45) is 0 Å². The number of hydrogen-bond donors (Lipinski definition) is 0. The van der Waals surface area contributed by atoms with Crippen molar-refractivity contribution in [3.05, 3.63) is 146 Å². The van der Waals surface area contributed by atoms with Gasteiger partial charge in [-0.3, -0.25) is 0 Å². The average Bonchev–Trinajstić information content (AvgIpc) is 3.65. The van der Waals surface area contributed by atoms with Gasteiger partial charge in [-0.2, -0.15) is 0 Å². The van der Waals surface area contributed by atoms with Gasteiger partial charge in [0.2, 0.25) is 0 Å². The number of nitrogens with zero attached hydrogens (tertiary/aromatic N) is 3. The molecule has 4 nitrogen and oxygen atoms in total. The number of aromatic nitrogens is 2. The minimum atomic E-state index is 0.0452. The zero-order valence-corrected chi connectivity index (χ0v) is 25.2. The molecule has 5 heteroatoms. The molecule has 9 aromatic rings. The van der Waals surface area contributed by atoms with Gasteiger partial charge in [0.15, 0.2) is 11.5 Å². The molecule has 5 heterocycles. The van der Waals surface area contributed by atoms with Crippen molar-refractivity contribution >= 4 is 83.8 Å². The Bertz CT molecular complexity index is 2850. The summed E-state index contributed by atoms with van der Waals surface area (Å²) >= 11 is 0. The van der Waals surface area contributed by atoms with Gasteiger partial charge in [-0.15, -0.1) is 0 Å². The summed E-state index contributed by atoms with van der Waals surface area (Å²) in [5.74, 6) is 1.79. The van der Waals surface area contributed by atoms with E-state index in [9.17, 15) is 0 Å². The Morgan fingerprint density at radius 3 is 2.04 bits per heavy atom. The lowest BCUT2D eigenvalue weighted by atomic mass is 9.33. The van der Waals surface area contributed by atoms with Gasteiger partial charge in [0, 0.05) is 38.6 Å². The van der Waals surface area contributed by atoms with Crippen molar-refractivity contribution < 1.29 is 4.74 Å². The predicted octanol–water partition coefficient (Wildman–Crippen LogP) is 8.60. The molecule has 3 aliphatic rings. The first-order chi connectivity index (χ1) is 23.4. The smallest absolute Gasteiger partial charge is 0.252 e. The van der Waals surface area contributed by atoms with Crippen molar-refractivity contribution in [1.29, 1.82) is 0 Å². The molecule has 0 bridgehead atoms. The van der Waals surface area contributed by atoms with Crippen molar-refractivity contribution in [3.63, 3.8) is 0 Å². The first kappa shape index (κ1) is 24.1. The largest absolute Gasteiger partial charge is 0.453 e. The maximum atomic E-state index is 6.67. The van der Waals surface area contributed by atoms with E-state index < -0.39 is 0 Å². The summed E-state index contributed by atoms with van der Waals surface area (Å²) in [5, 5.41) is 5.12. The first-order valence-electron chi connectivity index (χ1n) is 16.2. The van der Waals surface area contributed by atoms with E-state index in [1.807, 2.05) is 0 Å². The summed E-state index contributed by atoms with van der Waals surface area (Å²) in [5.41, 5.74) is 14.8. The van der Waals surface area contributed by atoms with Gasteiger partial charge in [0.25, 0.3) is 6.71 Å². The molecule has 0 fully saturated rings. The number of ether oxygens (including phenoxy) is 1. The molecule has 0 radical (unpaired) electrons. The highest BCUT2D eigenvalue weighted by molar-refractivity contribution is 7.00. The Kier molecular flexibility index (Phi) is 4.27. The van der Waals surface area contributed by atoms with Crippen LogP contribution in [0.2, 0.25) is 0 Å². The quantitative estimate of drug-likeness (QED) is 0.177. The van der Waals surface area contributed by atoms with Crippen molar-refractivity contribution in [3.8, 4) is 22.9 Å². The van der Waals surface area contributed by atoms with Crippen LogP contribution in [0.5, 0.6) is 11.5 Å². The molecule has 12 rings (SSSR count). The minimum Gasteiger partial charge on any atom is -0.453 e. The average molecular weight is 597 g/mol. The summed E-state index contributed by atoms with van der Waals surface area (Å²) in [6, 6.07) is 53.0. The van der Waals surface area contributed by atoms with Gasteiger partial charge in [0.05, 0.1) is 33.4 Å². The molecule has 2 aromatic heterocycles. The SMILES string of the molecule is c1ccc(-n2c3ccccc3c3cc4c5c(c6ccccc6n5-c5ccc6c7c5B4c4ccccc4N7c4ccccc4O6)c32)cc1. The number of rotatable bonds is 1. The Morgan fingerprint density at radius 2 is 1.17 bits per heavy atom.